The molecule has 2 N–H and O–H groups in total. The normalized spacial score (nSPS) is 42.9. The van der Waals surface area contributed by atoms with E-state index in [0.717, 1.165) is 31.7 Å². The molecule has 0 aromatic carbocycles. The number of rotatable bonds is 4. The first-order valence-corrected chi connectivity index (χ1v) is 10.1. The number of amides is 1. The Bertz CT molecular complexity index is 549. The van der Waals surface area contributed by atoms with Crippen LogP contribution >= 0.6 is 0 Å². The molecule has 5 rings (SSSR count). The zero-order valence-corrected chi connectivity index (χ0v) is 16.3. The van der Waals surface area contributed by atoms with Crippen molar-refractivity contribution in [1.82, 2.24) is 10.6 Å². The van der Waals surface area contributed by atoms with Crippen LogP contribution in [0.4, 0.5) is 0 Å². The minimum atomic E-state index is -0.337. The van der Waals surface area contributed by atoms with Crippen molar-refractivity contribution in [2.75, 3.05) is 6.54 Å². The number of hydrogen-bond donors (Lipinski definition) is 2. The third-order valence-corrected chi connectivity index (χ3v) is 7.67. The van der Waals surface area contributed by atoms with Gasteiger partial charge in [0.25, 0.3) is 0 Å². The fourth-order valence-corrected chi connectivity index (χ4v) is 5.77. The Morgan fingerprint density at radius 3 is 2.64 bits per heavy atom. The minimum Gasteiger partial charge on any atom is -0.404 e. The number of carbonyl (C=O) groups excluding carboxylic acids is 1. The Morgan fingerprint density at radius 1 is 1.28 bits per heavy atom. The molecule has 2 aliphatic heterocycles. The maximum atomic E-state index is 12.6. The van der Waals surface area contributed by atoms with E-state index in [1.54, 1.807) is 0 Å². The van der Waals surface area contributed by atoms with E-state index in [9.17, 15) is 4.79 Å². The van der Waals surface area contributed by atoms with Gasteiger partial charge in [-0.25, -0.2) is 0 Å². The molecule has 5 nitrogen and oxygen atoms in total. The predicted molar refractivity (Wildman–Crippen MR) is 97.9 cm³/mol. The van der Waals surface area contributed by atoms with Crippen LogP contribution in [0.2, 0.25) is 0 Å². The molecule has 5 fully saturated rings. The van der Waals surface area contributed by atoms with Crippen molar-refractivity contribution in [3.05, 3.63) is 0 Å². The summed E-state index contributed by atoms with van der Waals surface area (Å²) in [5.74, 6) is 1.55. The Kier molecular flexibility index (Phi) is 4.25. The minimum absolute atomic E-state index is 0.0627. The molecule has 0 unspecified atom stereocenters. The van der Waals surface area contributed by atoms with Gasteiger partial charge in [0.15, 0.2) is 0 Å². The van der Waals surface area contributed by atoms with Crippen molar-refractivity contribution < 1.29 is 14.1 Å². The van der Waals surface area contributed by atoms with E-state index in [1.165, 1.54) is 6.42 Å². The summed E-state index contributed by atoms with van der Waals surface area (Å²) in [5, 5.41) is 6.50. The molecule has 0 radical (unpaired) electrons. The second-order valence-electron chi connectivity index (χ2n) is 9.76. The summed E-state index contributed by atoms with van der Waals surface area (Å²) in [5.41, 5.74) is 0.125. The maximum Gasteiger partial charge on any atom is 0.481 e. The van der Waals surface area contributed by atoms with Crippen LogP contribution in [-0.4, -0.2) is 43.3 Å². The fraction of sp³-hybridized carbons (Fsp3) is 0.947. The Hall–Kier alpha value is -0.585. The van der Waals surface area contributed by atoms with Gasteiger partial charge in [-0.05, 0) is 62.3 Å². The number of nitrogens with one attached hydrogen (secondary N) is 2. The fourth-order valence-electron chi connectivity index (χ4n) is 5.77. The van der Waals surface area contributed by atoms with Crippen molar-refractivity contribution in [3.8, 4) is 0 Å². The maximum absolute atomic E-state index is 12.6. The largest absolute Gasteiger partial charge is 0.481 e. The van der Waals surface area contributed by atoms with E-state index in [2.05, 4.69) is 45.3 Å². The molecule has 140 valence electrons. The molecule has 5 aliphatic rings. The molecule has 6 heteroatoms. The molecule has 1 amide bonds. The average molecular weight is 348 g/mol. The van der Waals surface area contributed by atoms with Gasteiger partial charge in [-0.3, -0.25) is 4.79 Å². The summed E-state index contributed by atoms with van der Waals surface area (Å²) in [6.07, 6.45) is 4.48. The van der Waals surface area contributed by atoms with E-state index in [1.807, 2.05) is 0 Å². The smallest absolute Gasteiger partial charge is 0.404 e. The lowest BCUT2D eigenvalue weighted by atomic mass is 9.43. The summed E-state index contributed by atoms with van der Waals surface area (Å²) in [7, 11) is -0.337. The highest BCUT2D eigenvalue weighted by molar-refractivity contribution is 6.48. The van der Waals surface area contributed by atoms with E-state index < -0.39 is 0 Å². The van der Waals surface area contributed by atoms with Gasteiger partial charge in [0.05, 0.1) is 23.7 Å². The van der Waals surface area contributed by atoms with Crippen molar-refractivity contribution >= 4 is 13.0 Å². The van der Waals surface area contributed by atoms with Gasteiger partial charge >= 0.3 is 7.12 Å². The van der Waals surface area contributed by atoms with Crippen molar-refractivity contribution in [2.24, 2.45) is 23.2 Å². The molecule has 25 heavy (non-hydrogen) atoms. The number of hydrogen-bond acceptors (Lipinski definition) is 4. The Morgan fingerprint density at radius 2 is 2.04 bits per heavy atom. The lowest BCUT2D eigenvalue weighted by Crippen LogP contribution is -2.65. The van der Waals surface area contributed by atoms with E-state index in [4.69, 9.17) is 9.31 Å². The molecule has 2 bridgehead atoms. The van der Waals surface area contributed by atoms with Crippen LogP contribution in [0.1, 0.15) is 60.3 Å². The quantitative estimate of drug-likeness (QED) is 0.765. The third-order valence-electron chi connectivity index (χ3n) is 7.67. The topological polar surface area (TPSA) is 59.6 Å². The van der Waals surface area contributed by atoms with Crippen molar-refractivity contribution in [1.29, 1.82) is 0 Å². The zero-order valence-electron chi connectivity index (χ0n) is 16.3. The van der Waals surface area contributed by atoms with Crippen LogP contribution in [-0.2, 0) is 14.1 Å². The summed E-state index contributed by atoms with van der Waals surface area (Å²) in [4.78, 5) is 12.6. The lowest BCUT2D eigenvalue weighted by molar-refractivity contribution is -0.199. The highest BCUT2D eigenvalue weighted by atomic mass is 16.7. The summed E-state index contributed by atoms with van der Waals surface area (Å²) in [6.45, 7) is 12.2. The molecular weight excluding hydrogens is 315 g/mol. The van der Waals surface area contributed by atoms with Crippen LogP contribution in [0.5, 0.6) is 0 Å². The van der Waals surface area contributed by atoms with Gasteiger partial charge in [0.2, 0.25) is 5.91 Å². The second-order valence-corrected chi connectivity index (χ2v) is 9.76. The van der Waals surface area contributed by atoms with Crippen LogP contribution in [0, 0.1) is 23.2 Å². The van der Waals surface area contributed by atoms with Gasteiger partial charge in [-0.15, -0.1) is 0 Å². The predicted octanol–water partition coefficient (Wildman–Crippen LogP) is 2.15. The first-order chi connectivity index (χ1) is 11.7. The summed E-state index contributed by atoms with van der Waals surface area (Å²) in [6, 6.07) is -0.0627. The van der Waals surface area contributed by atoms with Gasteiger partial charge < -0.3 is 19.9 Å². The lowest BCUT2D eigenvalue weighted by Gasteiger charge is -2.64. The van der Waals surface area contributed by atoms with Gasteiger partial charge in [-0.2, -0.15) is 0 Å². The van der Waals surface area contributed by atoms with Crippen LogP contribution in [0.15, 0.2) is 0 Å². The molecule has 2 heterocycles. The SMILES string of the molecule is CC(C)[C@H](NC(=O)[C@@H]1CCCN1)B1O[C@@H]2C[C@@H]3C[C@@H](C3(C)C)[C@]2(C)O1. The third kappa shape index (κ3) is 2.67. The molecule has 0 aromatic heterocycles. The Labute approximate surface area is 152 Å². The van der Waals surface area contributed by atoms with Gasteiger partial charge in [0.1, 0.15) is 0 Å². The Balaban J connectivity index is 1.47. The van der Waals surface area contributed by atoms with Crippen molar-refractivity contribution in [3.63, 3.8) is 0 Å². The van der Waals surface area contributed by atoms with Crippen LogP contribution < -0.4 is 10.6 Å². The standard InChI is InChI=1S/C19H33BN2O3/c1-11(2)16(22-17(23)13-7-6-8-21-13)20-24-15-10-12-9-14(18(12,3)4)19(15,5)25-20/h11-16,21H,6-10H2,1-5H3,(H,22,23)/t12-,13-,14-,15+,16-,19-/m0/s1. The summed E-state index contributed by atoms with van der Waals surface area (Å²) >= 11 is 0. The molecule has 3 saturated carbocycles. The van der Waals surface area contributed by atoms with Gasteiger partial charge in [-0.1, -0.05) is 27.7 Å². The van der Waals surface area contributed by atoms with Crippen LogP contribution in [0.3, 0.4) is 0 Å². The van der Waals surface area contributed by atoms with Crippen molar-refractivity contribution in [2.45, 2.75) is 84.0 Å². The molecule has 0 spiro atoms. The summed E-state index contributed by atoms with van der Waals surface area (Å²) < 4.78 is 13.0. The highest BCUT2D eigenvalue weighted by Crippen LogP contribution is 2.65. The second kappa shape index (κ2) is 5.96. The van der Waals surface area contributed by atoms with Crippen LogP contribution in [0.25, 0.3) is 0 Å². The molecule has 2 saturated heterocycles. The molecule has 0 aromatic rings. The average Bonchev–Trinajstić information content (AvgIpc) is 3.17. The highest BCUT2D eigenvalue weighted by Gasteiger charge is 2.68. The zero-order chi connectivity index (χ0) is 18.0. The van der Waals surface area contributed by atoms with Gasteiger partial charge in [0, 0.05) is 0 Å². The number of carbonyl (C=O) groups is 1. The van der Waals surface area contributed by atoms with E-state index in [-0.39, 0.29) is 42.6 Å². The molecule has 3 aliphatic carbocycles. The first kappa shape index (κ1) is 17.8. The van der Waals surface area contributed by atoms with E-state index in [0.29, 0.717) is 11.3 Å². The molecular formula is C19H33BN2O3. The monoisotopic (exact) mass is 348 g/mol. The molecule has 6 atom stereocenters. The van der Waals surface area contributed by atoms with E-state index >= 15 is 0 Å². The first-order valence-electron chi connectivity index (χ1n) is 10.1.